The third-order valence-electron chi connectivity index (χ3n) is 8.29. The first-order valence-electron chi connectivity index (χ1n) is 12.4. The van der Waals surface area contributed by atoms with Crippen molar-refractivity contribution in [3.8, 4) is 5.75 Å². The van der Waals surface area contributed by atoms with Gasteiger partial charge >= 0.3 is 0 Å². The SMILES string of the molecule is O=C1CCC(N2Cc3c(ccc4c3OCCC43CCN(Cc4ccc(Cl)cc4F)CC3)C2=O)C(=O)N1. The summed E-state index contributed by atoms with van der Waals surface area (Å²) in [6, 6.07) is 8.08. The summed E-state index contributed by atoms with van der Waals surface area (Å²) in [5.41, 5.74) is 3.14. The second-order valence-corrected chi connectivity index (χ2v) is 10.7. The molecule has 0 aromatic heterocycles. The molecule has 2 fully saturated rings. The Hall–Kier alpha value is -2.97. The summed E-state index contributed by atoms with van der Waals surface area (Å²) in [5, 5.41) is 2.75. The normalized spacial score (nSPS) is 23.3. The lowest BCUT2D eigenvalue weighted by Gasteiger charge is -2.45. The zero-order valence-electron chi connectivity index (χ0n) is 19.8. The number of nitrogens with one attached hydrogen (secondary N) is 1. The Labute approximate surface area is 213 Å². The number of fused-ring (bicyclic) bond motifs is 4. The molecule has 0 saturated carbocycles. The van der Waals surface area contributed by atoms with Gasteiger partial charge in [-0.3, -0.25) is 24.6 Å². The van der Waals surface area contributed by atoms with Crippen molar-refractivity contribution in [3.05, 3.63) is 63.4 Å². The van der Waals surface area contributed by atoms with Gasteiger partial charge in [0.05, 0.1) is 13.2 Å². The molecule has 0 radical (unpaired) electrons. The molecule has 4 aliphatic rings. The van der Waals surface area contributed by atoms with Crippen LogP contribution in [0.15, 0.2) is 30.3 Å². The third kappa shape index (κ3) is 3.87. The Morgan fingerprint density at radius 2 is 1.92 bits per heavy atom. The monoisotopic (exact) mass is 511 g/mol. The summed E-state index contributed by atoms with van der Waals surface area (Å²) in [6.45, 7) is 3.09. The van der Waals surface area contributed by atoms with Crippen LogP contribution in [-0.4, -0.2) is 53.3 Å². The number of ether oxygens (including phenoxy) is 1. The molecular formula is C27H27ClFN3O4. The van der Waals surface area contributed by atoms with Crippen LogP contribution in [-0.2, 0) is 28.1 Å². The van der Waals surface area contributed by atoms with Crippen molar-refractivity contribution in [2.75, 3.05) is 19.7 Å². The molecule has 188 valence electrons. The van der Waals surface area contributed by atoms with Crippen molar-refractivity contribution in [2.24, 2.45) is 0 Å². The van der Waals surface area contributed by atoms with Gasteiger partial charge in [0, 0.05) is 45.7 Å². The smallest absolute Gasteiger partial charge is 0.255 e. The van der Waals surface area contributed by atoms with Gasteiger partial charge < -0.3 is 9.64 Å². The highest BCUT2D eigenvalue weighted by Crippen LogP contribution is 2.49. The highest BCUT2D eigenvalue weighted by atomic mass is 35.5. The predicted octanol–water partition coefficient (Wildman–Crippen LogP) is 3.56. The van der Waals surface area contributed by atoms with E-state index in [0.717, 1.165) is 49.2 Å². The number of hydrogen-bond donors (Lipinski definition) is 1. The van der Waals surface area contributed by atoms with Gasteiger partial charge in [-0.15, -0.1) is 0 Å². The first-order valence-corrected chi connectivity index (χ1v) is 12.8. The fourth-order valence-corrected chi connectivity index (χ4v) is 6.39. The molecule has 4 heterocycles. The van der Waals surface area contributed by atoms with Gasteiger partial charge in [0.1, 0.15) is 17.6 Å². The Morgan fingerprint density at radius 1 is 1.11 bits per heavy atom. The van der Waals surface area contributed by atoms with Crippen molar-refractivity contribution in [1.82, 2.24) is 15.1 Å². The maximum absolute atomic E-state index is 14.3. The van der Waals surface area contributed by atoms with Crippen molar-refractivity contribution in [1.29, 1.82) is 0 Å². The number of nitrogens with zero attached hydrogens (tertiary/aromatic N) is 2. The zero-order chi connectivity index (χ0) is 25.0. The standard InChI is InChI=1S/C27H27ClFN3O4/c28-17-2-1-16(21(29)13-17)14-31-10-7-27(8-11-31)9-12-36-24-19-15-32(22-5-6-23(33)30-25(22)34)26(35)18(19)3-4-20(24)27/h1-4,13,22H,5-12,14-15H2,(H,30,33,34). The topological polar surface area (TPSA) is 79.0 Å². The minimum absolute atomic E-state index is 0.0528. The van der Waals surface area contributed by atoms with Crippen LogP contribution < -0.4 is 10.1 Å². The Balaban J connectivity index is 1.22. The summed E-state index contributed by atoms with van der Waals surface area (Å²) in [7, 11) is 0. The molecule has 0 bridgehead atoms. The van der Waals surface area contributed by atoms with Crippen LogP contribution in [0.25, 0.3) is 0 Å². The number of likely N-dealkylation sites (tertiary alicyclic amines) is 1. The lowest BCUT2D eigenvalue weighted by molar-refractivity contribution is -0.136. The number of carbonyl (C=O) groups excluding carboxylic acids is 3. The summed E-state index contributed by atoms with van der Waals surface area (Å²) in [4.78, 5) is 41.0. The van der Waals surface area contributed by atoms with Crippen LogP contribution in [0.5, 0.6) is 5.75 Å². The number of amides is 3. The molecule has 36 heavy (non-hydrogen) atoms. The molecule has 0 aliphatic carbocycles. The van der Waals surface area contributed by atoms with Crippen LogP contribution >= 0.6 is 11.6 Å². The minimum atomic E-state index is -0.646. The summed E-state index contributed by atoms with van der Waals surface area (Å²) < 4.78 is 20.5. The van der Waals surface area contributed by atoms with Gasteiger partial charge in [-0.05, 0) is 57.0 Å². The van der Waals surface area contributed by atoms with Gasteiger partial charge in [0.15, 0.2) is 0 Å². The molecule has 1 unspecified atom stereocenters. The lowest BCUT2D eigenvalue weighted by Crippen LogP contribution is -2.52. The highest BCUT2D eigenvalue weighted by Gasteiger charge is 2.45. The van der Waals surface area contributed by atoms with Gasteiger partial charge in [0.25, 0.3) is 5.91 Å². The lowest BCUT2D eigenvalue weighted by atomic mass is 9.68. The molecule has 4 aliphatic heterocycles. The van der Waals surface area contributed by atoms with Crippen LogP contribution in [0.4, 0.5) is 4.39 Å². The van der Waals surface area contributed by atoms with E-state index in [-0.39, 0.29) is 29.5 Å². The predicted molar refractivity (Wildman–Crippen MR) is 130 cm³/mol. The second-order valence-electron chi connectivity index (χ2n) is 10.3. The fourth-order valence-electron chi connectivity index (χ4n) is 6.23. The van der Waals surface area contributed by atoms with Crippen molar-refractivity contribution in [2.45, 2.75) is 56.7 Å². The average Bonchev–Trinajstić information content (AvgIpc) is 3.19. The molecule has 3 amide bonds. The van der Waals surface area contributed by atoms with E-state index in [0.29, 0.717) is 42.3 Å². The molecule has 6 rings (SSSR count). The molecule has 1 N–H and O–H groups in total. The third-order valence-corrected chi connectivity index (χ3v) is 8.52. The molecule has 9 heteroatoms. The average molecular weight is 512 g/mol. The van der Waals surface area contributed by atoms with Gasteiger partial charge in [0.2, 0.25) is 11.8 Å². The Morgan fingerprint density at radius 3 is 2.67 bits per heavy atom. The highest BCUT2D eigenvalue weighted by molar-refractivity contribution is 6.30. The maximum atomic E-state index is 14.3. The number of imide groups is 1. The van der Waals surface area contributed by atoms with E-state index < -0.39 is 11.9 Å². The van der Waals surface area contributed by atoms with Crippen molar-refractivity contribution < 1.29 is 23.5 Å². The van der Waals surface area contributed by atoms with Gasteiger partial charge in [-0.2, -0.15) is 0 Å². The molecule has 1 spiro atoms. The molecule has 2 aromatic carbocycles. The number of halogens is 2. The minimum Gasteiger partial charge on any atom is -0.493 e. The Bertz CT molecular complexity index is 1270. The van der Waals surface area contributed by atoms with Crippen LogP contribution in [0.1, 0.15) is 59.2 Å². The van der Waals surface area contributed by atoms with E-state index in [4.69, 9.17) is 16.3 Å². The number of carbonyl (C=O) groups is 3. The number of piperidine rings is 2. The van der Waals surface area contributed by atoms with E-state index in [1.165, 1.54) is 6.07 Å². The zero-order valence-corrected chi connectivity index (χ0v) is 20.6. The van der Waals surface area contributed by atoms with E-state index >= 15 is 0 Å². The van der Waals surface area contributed by atoms with Crippen LogP contribution in [0.3, 0.4) is 0 Å². The maximum Gasteiger partial charge on any atom is 0.255 e. The van der Waals surface area contributed by atoms with Crippen molar-refractivity contribution >= 4 is 29.3 Å². The number of benzene rings is 2. The summed E-state index contributed by atoms with van der Waals surface area (Å²) in [5.74, 6) is -0.402. The first kappa shape index (κ1) is 23.4. The van der Waals surface area contributed by atoms with E-state index in [1.807, 2.05) is 12.1 Å². The van der Waals surface area contributed by atoms with Gasteiger partial charge in [-0.25, -0.2) is 4.39 Å². The quantitative estimate of drug-likeness (QED) is 0.638. The van der Waals surface area contributed by atoms with E-state index in [9.17, 15) is 18.8 Å². The largest absolute Gasteiger partial charge is 0.493 e. The number of hydrogen-bond acceptors (Lipinski definition) is 5. The summed E-state index contributed by atoms with van der Waals surface area (Å²) in [6.07, 6.45) is 3.29. The molecule has 2 saturated heterocycles. The first-order chi connectivity index (χ1) is 17.3. The molecule has 1 atom stereocenters. The number of rotatable bonds is 3. The summed E-state index contributed by atoms with van der Waals surface area (Å²) >= 11 is 5.90. The van der Waals surface area contributed by atoms with Gasteiger partial charge in [-0.1, -0.05) is 23.7 Å². The molecular weight excluding hydrogens is 485 g/mol. The molecule has 7 nitrogen and oxygen atoms in total. The Kier molecular flexibility index (Phi) is 5.76. The fraction of sp³-hybridized carbons (Fsp3) is 0.444. The molecule has 2 aromatic rings. The van der Waals surface area contributed by atoms with E-state index in [2.05, 4.69) is 10.2 Å². The second kappa shape index (κ2) is 8.85. The van der Waals surface area contributed by atoms with E-state index in [1.54, 1.807) is 17.0 Å². The van der Waals surface area contributed by atoms with Crippen molar-refractivity contribution in [3.63, 3.8) is 0 Å². The van der Waals surface area contributed by atoms with Crippen LogP contribution in [0.2, 0.25) is 5.02 Å². The van der Waals surface area contributed by atoms with Crippen LogP contribution in [0, 0.1) is 5.82 Å².